The monoisotopic (exact) mass is 382 g/mol. The van der Waals surface area contributed by atoms with Crippen LogP contribution in [-0.4, -0.2) is 31.2 Å². The van der Waals surface area contributed by atoms with E-state index in [9.17, 15) is 4.79 Å². The van der Waals surface area contributed by atoms with Crippen LogP contribution in [0.25, 0.3) is 11.3 Å². The van der Waals surface area contributed by atoms with E-state index < -0.39 is 0 Å². The number of fused-ring (bicyclic) bond motifs is 1. The Hall–Kier alpha value is -3.06. The van der Waals surface area contributed by atoms with Crippen LogP contribution < -0.4 is 19.5 Å². The molecule has 0 unspecified atom stereocenters. The molecule has 2 heterocycles. The molecule has 0 atom stereocenters. The van der Waals surface area contributed by atoms with Gasteiger partial charge in [0.15, 0.2) is 16.6 Å². The van der Waals surface area contributed by atoms with Crippen LogP contribution in [0.5, 0.6) is 17.2 Å². The zero-order valence-electron chi connectivity index (χ0n) is 14.7. The average Bonchev–Trinajstić information content (AvgIpc) is 3.16. The van der Waals surface area contributed by atoms with Gasteiger partial charge >= 0.3 is 0 Å². The lowest BCUT2D eigenvalue weighted by molar-refractivity contribution is -0.115. The fourth-order valence-corrected chi connectivity index (χ4v) is 3.51. The zero-order valence-corrected chi connectivity index (χ0v) is 15.5. The highest BCUT2D eigenvalue weighted by Gasteiger charge is 2.14. The minimum atomic E-state index is -0.123. The van der Waals surface area contributed by atoms with Gasteiger partial charge in [0.2, 0.25) is 5.91 Å². The summed E-state index contributed by atoms with van der Waals surface area (Å²) in [6.07, 6.45) is 0.244. The van der Waals surface area contributed by atoms with Crippen molar-refractivity contribution in [3.05, 3.63) is 53.4 Å². The van der Waals surface area contributed by atoms with Gasteiger partial charge in [0.25, 0.3) is 0 Å². The molecule has 0 saturated heterocycles. The second kappa shape index (κ2) is 7.67. The molecule has 0 saturated carbocycles. The van der Waals surface area contributed by atoms with E-state index >= 15 is 0 Å². The third-order valence-electron chi connectivity index (χ3n) is 4.11. The molecule has 0 spiro atoms. The number of carbonyl (C=O) groups excluding carboxylic acids is 1. The Kier molecular flexibility index (Phi) is 4.93. The Balaban J connectivity index is 1.40. The molecular formula is C20H18N2O4S. The Morgan fingerprint density at radius 2 is 1.93 bits per heavy atom. The number of benzene rings is 2. The summed E-state index contributed by atoms with van der Waals surface area (Å²) >= 11 is 1.40. The van der Waals surface area contributed by atoms with Gasteiger partial charge in [-0.15, -0.1) is 11.3 Å². The van der Waals surface area contributed by atoms with Crippen molar-refractivity contribution in [1.82, 2.24) is 4.98 Å². The molecule has 1 aliphatic rings. The molecule has 7 heteroatoms. The summed E-state index contributed by atoms with van der Waals surface area (Å²) in [7, 11) is 1.63. The topological polar surface area (TPSA) is 69.7 Å². The molecule has 0 aliphatic carbocycles. The molecule has 27 heavy (non-hydrogen) atoms. The van der Waals surface area contributed by atoms with E-state index in [0.717, 1.165) is 28.3 Å². The van der Waals surface area contributed by atoms with Crippen molar-refractivity contribution < 1.29 is 19.0 Å². The molecule has 138 valence electrons. The predicted molar refractivity (Wildman–Crippen MR) is 104 cm³/mol. The fourth-order valence-electron chi connectivity index (χ4n) is 2.77. The highest BCUT2D eigenvalue weighted by Crippen LogP contribution is 2.31. The van der Waals surface area contributed by atoms with Crippen LogP contribution in [0.4, 0.5) is 5.13 Å². The van der Waals surface area contributed by atoms with Crippen molar-refractivity contribution in [2.75, 3.05) is 25.6 Å². The number of aromatic nitrogens is 1. The van der Waals surface area contributed by atoms with Crippen LogP contribution in [0.1, 0.15) is 5.56 Å². The van der Waals surface area contributed by atoms with Gasteiger partial charge in [-0.2, -0.15) is 0 Å². The molecular weight excluding hydrogens is 364 g/mol. The summed E-state index contributed by atoms with van der Waals surface area (Å²) in [6.45, 7) is 1.07. The summed E-state index contributed by atoms with van der Waals surface area (Å²) in [5.74, 6) is 2.07. The quantitative estimate of drug-likeness (QED) is 0.727. The Morgan fingerprint density at radius 3 is 2.70 bits per heavy atom. The smallest absolute Gasteiger partial charge is 0.230 e. The third-order valence-corrected chi connectivity index (χ3v) is 4.87. The minimum Gasteiger partial charge on any atom is -0.497 e. The zero-order chi connectivity index (χ0) is 18.6. The van der Waals surface area contributed by atoms with E-state index in [0.29, 0.717) is 24.1 Å². The SMILES string of the molecule is COc1ccc(-c2csc(NC(=O)Cc3ccc4c(c3)OCCO4)n2)cc1. The predicted octanol–water partition coefficient (Wildman–Crippen LogP) is 3.77. The highest BCUT2D eigenvalue weighted by molar-refractivity contribution is 7.14. The number of carbonyl (C=O) groups is 1. The number of amides is 1. The van der Waals surface area contributed by atoms with Crippen molar-refractivity contribution in [1.29, 1.82) is 0 Å². The van der Waals surface area contributed by atoms with E-state index in [1.807, 2.05) is 47.8 Å². The van der Waals surface area contributed by atoms with Gasteiger partial charge in [-0.25, -0.2) is 4.98 Å². The van der Waals surface area contributed by atoms with Gasteiger partial charge in [-0.1, -0.05) is 6.07 Å². The summed E-state index contributed by atoms with van der Waals surface area (Å²) < 4.78 is 16.2. The molecule has 1 aromatic heterocycles. The summed E-state index contributed by atoms with van der Waals surface area (Å²) in [5, 5.41) is 5.35. The summed E-state index contributed by atoms with van der Waals surface area (Å²) in [5.41, 5.74) is 2.65. The third kappa shape index (κ3) is 4.03. The van der Waals surface area contributed by atoms with Gasteiger partial charge in [0, 0.05) is 10.9 Å². The maximum atomic E-state index is 12.3. The van der Waals surface area contributed by atoms with Gasteiger partial charge in [-0.3, -0.25) is 4.79 Å². The minimum absolute atomic E-state index is 0.123. The van der Waals surface area contributed by atoms with Crippen molar-refractivity contribution >= 4 is 22.4 Å². The van der Waals surface area contributed by atoms with E-state index in [2.05, 4.69) is 10.3 Å². The number of methoxy groups -OCH3 is 1. The molecule has 0 fully saturated rings. The van der Waals surface area contributed by atoms with E-state index in [4.69, 9.17) is 14.2 Å². The summed E-state index contributed by atoms with van der Waals surface area (Å²) in [4.78, 5) is 16.8. The average molecular weight is 382 g/mol. The standard InChI is InChI=1S/C20H18N2O4S/c1-24-15-5-3-14(4-6-15)16-12-27-20(21-16)22-19(23)11-13-2-7-17-18(10-13)26-9-8-25-17/h2-7,10,12H,8-9,11H2,1H3,(H,21,22,23). The maximum Gasteiger partial charge on any atom is 0.230 e. The van der Waals surface area contributed by atoms with Crippen LogP contribution in [0.3, 0.4) is 0 Å². The lowest BCUT2D eigenvalue weighted by Crippen LogP contribution is -2.17. The first-order valence-corrected chi connectivity index (χ1v) is 9.37. The Bertz CT molecular complexity index is 953. The number of nitrogens with one attached hydrogen (secondary N) is 1. The number of ether oxygens (including phenoxy) is 3. The molecule has 4 rings (SSSR count). The fraction of sp³-hybridized carbons (Fsp3) is 0.200. The summed E-state index contributed by atoms with van der Waals surface area (Å²) in [6, 6.07) is 13.2. The van der Waals surface area contributed by atoms with Crippen molar-refractivity contribution in [2.24, 2.45) is 0 Å². The molecule has 3 aromatic rings. The van der Waals surface area contributed by atoms with Crippen molar-refractivity contribution in [2.45, 2.75) is 6.42 Å². The molecule has 1 aliphatic heterocycles. The molecule has 1 amide bonds. The van der Waals surface area contributed by atoms with Crippen molar-refractivity contribution in [3.8, 4) is 28.5 Å². The Labute approximate surface area is 160 Å². The van der Waals surface area contributed by atoms with E-state index in [-0.39, 0.29) is 12.3 Å². The van der Waals surface area contributed by atoms with Gasteiger partial charge in [-0.05, 0) is 42.0 Å². The van der Waals surface area contributed by atoms with Crippen LogP contribution in [0.2, 0.25) is 0 Å². The number of anilines is 1. The molecule has 2 aromatic carbocycles. The van der Waals surface area contributed by atoms with Crippen LogP contribution >= 0.6 is 11.3 Å². The lowest BCUT2D eigenvalue weighted by Gasteiger charge is -2.18. The van der Waals surface area contributed by atoms with E-state index in [1.165, 1.54) is 11.3 Å². The highest BCUT2D eigenvalue weighted by atomic mass is 32.1. The van der Waals surface area contributed by atoms with Gasteiger partial charge < -0.3 is 19.5 Å². The van der Waals surface area contributed by atoms with Crippen LogP contribution in [0.15, 0.2) is 47.8 Å². The maximum absolute atomic E-state index is 12.3. The number of rotatable bonds is 5. The second-order valence-corrected chi connectivity index (χ2v) is 6.83. The van der Waals surface area contributed by atoms with Crippen LogP contribution in [-0.2, 0) is 11.2 Å². The van der Waals surface area contributed by atoms with Crippen molar-refractivity contribution in [3.63, 3.8) is 0 Å². The first kappa shape index (κ1) is 17.4. The molecule has 0 radical (unpaired) electrons. The second-order valence-electron chi connectivity index (χ2n) is 5.97. The lowest BCUT2D eigenvalue weighted by atomic mass is 10.1. The Morgan fingerprint density at radius 1 is 1.15 bits per heavy atom. The number of hydrogen-bond donors (Lipinski definition) is 1. The first-order chi connectivity index (χ1) is 13.2. The van der Waals surface area contributed by atoms with Gasteiger partial charge in [0.1, 0.15) is 19.0 Å². The normalized spacial score (nSPS) is 12.5. The molecule has 6 nitrogen and oxygen atoms in total. The molecule has 0 bridgehead atoms. The number of thiazole rings is 1. The largest absolute Gasteiger partial charge is 0.497 e. The number of hydrogen-bond acceptors (Lipinski definition) is 6. The molecule has 1 N–H and O–H groups in total. The van der Waals surface area contributed by atoms with Crippen LogP contribution in [0, 0.1) is 0 Å². The van der Waals surface area contributed by atoms with E-state index in [1.54, 1.807) is 7.11 Å². The number of nitrogens with zero attached hydrogens (tertiary/aromatic N) is 1. The van der Waals surface area contributed by atoms with Gasteiger partial charge in [0.05, 0.1) is 19.2 Å². The first-order valence-electron chi connectivity index (χ1n) is 8.49.